The van der Waals surface area contributed by atoms with Crippen LogP contribution in [-0.4, -0.2) is 9.78 Å². The molecule has 17 heavy (non-hydrogen) atoms. The molecule has 0 aliphatic rings. The Morgan fingerprint density at radius 3 is 2.59 bits per heavy atom. The largest absolute Gasteiger partial charge is 0.399 e. The Balaban J connectivity index is 2.21. The zero-order chi connectivity index (χ0) is 11.8. The molecule has 0 saturated carbocycles. The highest BCUT2D eigenvalue weighted by molar-refractivity contribution is 9.10. The van der Waals surface area contributed by atoms with E-state index in [2.05, 4.69) is 27.1 Å². The van der Waals surface area contributed by atoms with Gasteiger partial charge in [-0.2, -0.15) is 5.10 Å². The predicted molar refractivity (Wildman–Crippen MR) is 73.2 cm³/mol. The molecular weight excluding hydrogens is 278 g/mol. The van der Waals surface area contributed by atoms with E-state index < -0.39 is 0 Å². The number of rotatable bonds is 1. The van der Waals surface area contributed by atoms with E-state index >= 15 is 0 Å². The van der Waals surface area contributed by atoms with Crippen LogP contribution in [-0.2, 0) is 0 Å². The Morgan fingerprint density at radius 2 is 1.82 bits per heavy atom. The number of nitrogens with two attached hydrogens (primary N) is 1. The molecule has 0 atom stereocenters. The summed E-state index contributed by atoms with van der Waals surface area (Å²) in [5, 5.41) is 5.50. The van der Waals surface area contributed by atoms with Gasteiger partial charge in [0.2, 0.25) is 0 Å². The minimum absolute atomic E-state index is 0.757. The summed E-state index contributed by atoms with van der Waals surface area (Å²) in [4.78, 5) is 0. The van der Waals surface area contributed by atoms with Crippen molar-refractivity contribution >= 4 is 32.5 Å². The Labute approximate surface area is 107 Å². The van der Waals surface area contributed by atoms with Crippen LogP contribution < -0.4 is 5.73 Å². The average Bonchev–Trinajstić information content (AvgIpc) is 2.73. The molecule has 2 N–H and O–H groups in total. The summed E-state index contributed by atoms with van der Waals surface area (Å²) >= 11 is 3.45. The number of hydrogen-bond acceptors (Lipinski definition) is 2. The summed E-state index contributed by atoms with van der Waals surface area (Å²) in [6.45, 7) is 0. The monoisotopic (exact) mass is 287 g/mol. The van der Waals surface area contributed by atoms with Gasteiger partial charge in [-0.15, -0.1) is 0 Å². The van der Waals surface area contributed by atoms with Crippen molar-refractivity contribution in [3.8, 4) is 5.69 Å². The van der Waals surface area contributed by atoms with E-state index in [1.54, 1.807) is 0 Å². The minimum atomic E-state index is 0.757. The summed E-state index contributed by atoms with van der Waals surface area (Å²) in [6, 6.07) is 13.8. The molecule has 0 saturated heterocycles. The molecule has 2 aromatic carbocycles. The second-order valence-electron chi connectivity index (χ2n) is 3.85. The molecular formula is C13H10BrN3. The number of nitrogens with zero attached hydrogens (tertiary/aromatic N) is 2. The van der Waals surface area contributed by atoms with Crippen molar-refractivity contribution in [3.05, 3.63) is 53.1 Å². The Bertz CT molecular complexity index is 671. The van der Waals surface area contributed by atoms with Gasteiger partial charge in [-0.05, 0) is 42.5 Å². The molecule has 0 unspecified atom stereocenters. The summed E-state index contributed by atoms with van der Waals surface area (Å²) in [7, 11) is 0. The van der Waals surface area contributed by atoms with Crippen LogP contribution in [0.1, 0.15) is 0 Å². The Kier molecular flexibility index (Phi) is 2.37. The van der Waals surface area contributed by atoms with Gasteiger partial charge in [0, 0.05) is 15.5 Å². The van der Waals surface area contributed by atoms with Crippen LogP contribution in [0.25, 0.3) is 16.6 Å². The van der Waals surface area contributed by atoms with Crippen molar-refractivity contribution in [3.63, 3.8) is 0 Å². The topological polar surface area (TPSA) is 43.8 Å². The molecule has 3 nitrogen and oxygen atoms in total. The molecule has 0 radical (unpaired) electrons. The Hall–Kier alpha value is -1.81. The first-order valence-corrected chi connectivity index (χ1v) is 6.02. The highest BCUT2D eigenvalue weighted by Crippen LogP contribution is 2.22. The molecule has 3 aromatic rings. The maximum atomic E-state index is 5.68. The third-order valence-corrected chi connectivity index (χ3v) is 3.16. The van der Waals surface area contributed by atoms with Crippen LogP contribution in [0, 0.1) is 0 Å². The number of anilines is 1. The zero-order valence-corrected chi connectivity index (χ0v) is 10.6. The van der Waals surface area contributed by atoms with Crippen molar-refractivity contribution < 1.29 is 0 Å². The van der Waals surface area contributed by atoms with Gasteiger partial charge < -0.3 is 5.73 Å². The maximum absolute atomic E-state index is 5.68. The van der Waals surface area contributed by atoms with Crippen LogP contribution in [0.15, 0.2) is 53.1 Å². The standard InChI is InChI=1S/C13H10BrN3/c14-10-1-6-13-9(7-10)8-16-17(13)12-4-2-11(15)3-5-12/h1-8H,15H2. The number of fused-ring (bicyclic) bond motifs is 1. The highest BCUT2D eigenvalue weighted by Gasteiger charge is 2.04. The van der Waals surface area contributed by atoms with Gasteiger partial charge in [-0.3, -0.25) is 0 Å². The van der Waals surface area contributed by atoms with Gasteiger partial charge in [0.15, 0.2) is 0 Å². The molecule has 0 fully saturated rings. The number of benzene rings is 2. The number of nitrogen functional groups attached to an aromatic ring is 1. The van der Waals surface area contributed by atoms with Crippen molar-refractivity contribution in [1.82, 2.24) is 9.78 Å². The maximum Gasteiger partial charge on any atom is 0.0741 e. The molecule has 0 bridgehead atoms. The second-order valence-corrected chi connectivity index (χ2v) is 4.77. The fourth-order valence-corrected chi connectivity index (χ4v) is 2.20. The lowest BCUT2D eigenvalue weighted by molar-refractivity contribution is 0.911. The smallest absolute Gasteiger partial charge is 0.0741 e. The molecule has 1 aromatic heterocycles. The number of halogens is 1. The van der Waals surface area contributed by atoms with E-state index in [1.807, 2.05) is 47.3 Å². The van der Waals surface area contributed by atoms with E-state index in [-0.39, 0.29) is 0 Å². The highest BCUT2D eigenvalue weighted by atomic mass is 79.9. The molecule has 84 valence electrons. The summed E-state index contributed by atoms with van der Waals surface area (Å²) in [5.74, 6) is 0. The lowest BCUT2D eigenvalue weighted by Crippen LogP contribution is -1.96. The predicted octanol–water partition coefficient (Wildman–Crippen LogP) is 3.37. The lowest BCUT2D eigenvalue weighted by Gasteiger charge is -2.03. The molecule has 0 amide bonds. The van der Waals surface area contributed by atoms with Crippen LogP contribution in [0.2, 0.25) is 0 Å². The fourth-order valence-electron chi connectivity index (χ4n) is 1.83. The minimum Gasteiger partial charge on any atom is -0.399 e. The normalized spacial score (nSPS) is 10.9. The molecule has 4 heteroatoms. The quantitative estimate of drug-likeness (QED) is 0.698. The Morgan fingerprint density at radius 1 is 1.06 bits per heavy atom. The summed E-state index contributed by atoms with van der Waals surface area (Å²) in [5.41, 5.74) is 8.53. The summed E-state index contributed by atoms with van der Waals surface area (Å²) in [6.07, 6.45) is 1.86. The first-order valence-electron chi connectivity index (χ1n) is 5.23. The van der Waals surface area contributed by atoms with Gasteiger partial charge in [0.05, 0.1) is 17.4 Å². The van der Waals surface area contributed by atoms with Crippen LogP contribution in [0.5, 0.6) is 0 Å². The van der Waals surface area contributed by atoms with Gasteiger partial charge in [0.1, 0.15) is 0 Å². The van der Waals surface area contributed by atoms with E-state index in [4.69, 9.17) is 5.73 Å². The molecule has 0 spiro atoms. The van der Waals surface area contributed by atoms with Gasteiger partial charge in [-0.1, -0.05) is 15.9 Å². The average molecular weight is 288 g/mol. The molecule has 0 aliphatic carbocycles. The molecule has 0 aliphatic heterocycles. The third kappa shape index (κ3) is 1.80. The van der Waals surface area contributed by atoms with Gasteiger partial charge >= 0.3 is 0 Å². The van der Waals surface area contributed by atoms with E-state index in [9.17, 15) is 0 Å². The van der Waals surface area contributed by atoms with Crippen LogP contribution >= 0.6 is 15.9 Å². The molecule has 3 rings (SSSR count). The lowest BCUT2D eigenvalue weighted by atomic mass is 10.2. The SMILES string of the molecule is Nc1ccc(-n2ncc3cc(Br)ccc32)cc1. The van der Waals surface area contributed by atoms with Crippen LogP contribution in [0.3, 0.4) is 0 Å². The van der Waals surface area contributed by atoms with Crippen molar-refractivity contribution in [2.75, 3.05) is 5.73 Å². The fraction of sp³-hybridized carbons (Fsp3) is 0. The molecule has 1 heterocycles. The number of hydrogen-bond donors (Lipinski definition) is 1. The van der Waals surface area contributed by atoms with Gasteiger partial charge in [0.25, 0.3) is 0 Å². The van der Waals surface area contributed by atoms with E-state index in [1.165, 1.54) is 0 Å². The second kappa shape index (κ2) is 3.89. The van der Waals surface area contributed by atoms with Crippen molar-refractivity contribution in [2.45, 2.75) is 0 Å². The third-order valence-electron chi connectivity index (χ3n) is 2.67. The van der Waals surface area contributed by atoms with Gasteiger partial charge in [-0.25, -0.2) is 4.68 Å². The van der Waals surface area contributed by atoms with Crippen LogP contribution in [0.4, 0.5) is 5.69 Å². The zero-order valence-electron chi connectivity index (χ0n) is 8.97. The van der Waals surface area contributed by atoms with E-state index in [0.717, 1.165) is 26.8 Å². The number of aromatic nitrogens is 2. The van der Waals surface area contributed by atoms with E-state index in [0.29, 0.717) is 0 Å². The summed E-state index contributed by atoms with van der Waals surface area (Å²) < 4.78 is 2.96. The first-order chi connectivity index (χ1) is 8.24. The first kappa shape index (κ1) is 10.4. The van der Waals surface area contributed by atoms with Crippen molar-refractivity contribution in [1.29, 1.82) is 0 Å². The van der Waals surface area contributed by atoms with Crippen molar-refractivity contribution in [2.24, 2.45) is 0 Å².